The predicted octanol–water partition coefficient (Wildman–Crippen LogP) is 2.62. The SMILES string of the molecule is COc1cc(C)c(C(CC2CC2)NN)cc1C. The van der Waals surface area contributed by atoms with Gasteiger partial charge in [-0.1, -0.05) is 18.9 Å². The molecule has 0 heterocycles. The predicted molar refractivity (Wildman–Crippen MR) is 69.9 cm³/mol. The molecule has 3 nitrogen and oxygen atoms in total. The van der Waals surface area contributed by atoms with E-state index < -0.39 is 0 Å². The molecule has 0 saturated heterocycles. The minimum atomic E-state index is 0.270. The zero-order valence-electron chi connectivity index (χ0n) is 10.9. The summed E-state index contributed by atoms with van der Waals surface area (Å²) in [7, 11) is 1.71. The Morgan fingerprint density at radius 2 is 2.06 bits per heavy atom. The Morgan fingerprint density at radius 3 is 2.59 bits per heavy atom. The molecule has 94 valence electrons. The maximum Gasteiger partial charge on any atom is 0.122 e. The lowest BCUT2D eigenvalue weighted by Gasteiger charge is -2.20. The molecule has 1 aromatic carbocycles. The van der Waals surface area contributed by atoms with Crippen molar-refractivity contribution >= 4 is 0 Å². The van der Waals surface area contributed by atoms with Crippen molar-refractivity contribution in [1.29, 1.82) is 0 Å². The molecule has 0 amide bonds. The van der Waals surface area contributed by atoms with Crippen molar-refractivity contribution < 1.29 is 4.74 Å². The number of nitrogens with two attached hydrogens (primary N) is 1. The van der Waals surface area contributed by atoms with Gasteiger partial charge in [0, 0.05) is 6.04 Å². The zero-order valence-corrected chi connectivity index (χ0v) is 10.9. The highest BCUT2D eigenvalue weighted by atomic mass is 16.5. The number of hydrogen-bond donors (Lipinski definition) is 2. The molecule has 0 spiro atoms. The van der Waals surface area contributed by atoms with Gasteiger partial charge in [0.2, 0.25) is 0 Å². The fourth-order valence-corrected chi connectivity index (χ4v) is 2.38. The highest BCUT2D eigenvalue weighted by Crippen LogP contribution is 2.38. The Labute approximate surface area is 103 Å². The standard InChI is InChI=1S/C14H22N2O/c1-9-7-14(17-3)10(2)6-12(9)13(16-15)8-11-4-5-11/h6-7,11,13,16H,4-5,8,15H2,1-3H3. The molecule has 1 aromatic rings. The minimum absolute atomic E-state index is 0.270. The van der Waals surface area contributed by atoms with E-state index in [2.05, 4.69) is 31.4 Å². The van der Waals surface area contributed by atoms with E-state index in [1.165, 1.54) is 29.5 Å². The molecule has 3 N–H and O–H groups in total. The molecule has 1 fully saturated rings. The molecule has 17 heavy (non-hydrogen) atoms. The van der Waals surface area contributed by atoms with Crippen molar-refractivity contribution in [2.75, 3.05) is 7.11 Å². The number of hydrazine groups is 1. The summed E-state index contributed by atoms with van der Waals surface area (Å²) >= 11 is 0. The van der Waals surface area contributed by atoms with Crippen LogP contribution in [0.5, 0.6) is 5.75 Å². The van der Waals surface area contributed by atoms with E-state index in [1.807, 2.05) is 0 Å². The lowest BCUT2D eigenvalue weighted by molar-refractivity contribution is 0.410. The van der Waals surface area contributed by atoms with E-state index in [-0.39, 0.29) is 6.04 Å². The monoisotopic (exact) mass is 234 g/mol. The summed E-state index contributed by atoms with van der Waals surface area (Å²) in [5.41, 5.74) is 6.67. The van der Waals surface area contributed by atoms with Crippen LogP contribution in [0, 0.1) is 19.8 Å². The molecule has 0 aromatic heterocycles. The third-order valence-corrected chi connectivity index (χ3v) is 3.63. The Hall–Kier alpha value is -1.06. The van der Waals surface area contributed by atoms with Crippen molar-refractivity contribution in [3.8, 4) is 5.75 Å². The van der Waals surface area contributed by atoms with Gasteiger partial charge in [-0.15, -0.1) is 0 Å². The fourth-order valence-electron chi connectivity index (χ4n) is 2.38. The molecule has 0 radical (unpaired) electrons. The fraction of sp³-hybridized carbons (Fsp3) is 0.571. The van der Waals surface area contributed by atoms with Crippen LogP contribution in [0.15, 0.2) is 12.1 Å². The molecule has 3 heteroatoms. The Morgan fingerprint density at radius 1 is 1.35 bits per heavy atom. The number of benzene rings is 1. The second-order valence-corrected chi connectivity index (χ2v) is 5.08. The third-order valence-electron chi connectivity index (χ3n) is 3.63. The normalized spacial score (nSPS) is 16.9. The van der Waals surface area contributed by atoms with Crippen LogP contribution >= 0.6 is 0 Å². The summed E-state index contributed by atoms with van der Waals surface area (Å²) in [6.07, 6.45) is 3.85. The minimum Gasteiger partial charge on any atom is -0.496 e. The van der Waals surface area contributed by atoms with E-state index in [1.54, 1.807) is 7.11 Å². The summed E-state index contributed by atoms with van der Waals surface area (Å²) in [6, 6.07) is 4.57. The van der Waals surface area contributed by atoms with Gasteiger partial charge >= 0.3 is 0 Å². The summed E-state index contributed by atoms with van der Waals surface area (Å²) in [6.45, 7) is 4.20. The van der Waals surface area contributed by atoms with Crippen LogP contribution in [0.4, 0.5) is 0 Å². The largest absolute Gasteiger partial charge is 0.496 e. The van der Waals surface area contributed by atoms with E-state index in [9.17, 15) is 0 Å². The van der Waals surface area contributed by atoms with Gasteiger partial charge in [0.25, 0.3) is 0 Å². The molecule has 1 aliphatic carbocycles. The molecule has 0 bridgehead atoms. The van der Waals surface area contributed by atoms with Gasteiger partial charge in [-0.25, -0.2) is 0 Å². The van der Waals surface area contributed by atoms with Gasteiger partial charge in [-0.05, 0) is 48.9 Å². The molecule has 1 saturated carbocycles. The van der Waals surface area contributed by atoms with Gasteiger partial charge in [-0.2, -0.15) is 0 Å². The quantitative estimate of drug-likeness (QED) is 0.608. The number of ether oxygens (including phenoxy) is 1. The molecular formula is C14H22N2O. The van der Waals surface area contributed by atoms with Crippen LogP contribution < -0.4 is 16.0 Å². The van der Waals surface area contributed by atoms with Crippen LogP contribution in [0.3, 0.4) is 0 Å². The number of rotatable bonds is 5. The van der Waals surface area contributed by atoms with Crippen LogP contribution in [0.1, 0.15) is 42.0 Å². The van der Waals surface area contributed by atoms with Crippen LogP contribution in [-0.4, -0.2) is 7.11 Å². The number of aryl methyl sites for hydroxylation is 2. The molecule has 2 rings (SSSR count). The van der Waals surface area contributed by atoms with Crippen LogP contribution in [0.25, 0.3) is 0 Å². The molecule has 1 aliphatic rings. The molecule has 0 aliphatic heterocycles. The van der Waals surface area contributed by atoms with Crippen molar-refractivity contribution in [3.05, 3.63) is 28.8 Å². The Bertz CT molecular complexity index is 399. The first kappa shape index (κ1) is 12.4. The molecule has 1 atom stereocenters. The van der Waals surface area contributed by atoms with E-state index >= 15 is 0 Å². The van der Waals surface area contributed by atoms with Crippen LogP contribution in [0.2, 0.25) is 0 Å². The summed E-state index contributed by atoms with van der Waals surface area (Å²) in [5.74, 6) is 7.50. The van der Waals surface area contributed by atoms with Gasteiger partial charge < -0.3 is 4.74 Å². The second-order valence-electron chi connectivity index (χ2n) is 5.08. The molecule has 1 unspecified atom stereocenters. The first-order valence-electron chi connectivity index (χ1n) is 6.27. The maximum absolute atomic E-state index is 5.69. The lowest BCUT2D eigenvalue weighted by atomic mass is 9.95. The average molecular weight is 234 g/mol. The van der Waals surface area contributed by atoms with E-state index in [4.69, 9.17) is 10.6 Å². The zero-order chi connectivity index (χ0) is 12.4. The number of nitrogens with one attached hydrogen (secondary N) is 1. The van der Waals surface area contributed by atoms with Crippen molar-refractivity contribution in [3.63, 3.8) is 0 Å². The summed E-state index contributed by atoms with van der Waals surface area (Å²) < 4.78 is 5.34. The summed E-state index contributed by atoms with van der Waals surface area (Å²) in [4.78, 5) is 0. The third kappa shape index (κ3) is 2.79. The van der Waals surface area contributed by atoms with Crippen molar-refractivity contribution in [2.45, 2.75) is 39.2 Å². The first-order chi connectivity index (χ1) is 8.15. The van der Waals surface area contributed by atoms with Gasteiger partial charge in [0.1, 0.15) is 5.75 Å². The topological polar surface area (TPSA) is 47.3 Å². The van der Waals surface area contributed by atoms with Crippen molar-refractivity contribution in [1.82, 2.24) is 5.43 Å². The highest BCUT2D eigenvalue weighted by Gasteiger charge is 2.26. The number of methoxy groups -OCH3 is 1. The lowest BCUT2D eigenvalue weighted by Crippen LogP contribution is -2.29. The van der Waals surface area contributed by atoms with Crippen LogP contribution in [-0.2, 0) is 0 Å². The first-order valence-corrected chi connectivity index (χ1v) is 6.27. The number of hydrogen-bond acceptors (Lipinski definition) is 3. The van der Waals surface area contributed by atoms with E-state index in [0.29, 0.717) is 0 Å². The average Bonchev–Trinajstić information content (AvgIpc) is 3.12. The van der Waals surface area contributed by atoms with Gasteiger partial charge in [0.15, 0.2) is 0 Å². The maximum atomic E-state index is 5.69. The van der Waals surface area contributed by atoms with Crippen molar-refractivity contribution in [2.24, 2.45) is 11.8 Å². The molecular weight excluding hydrogens is 212 g/mol. The Kier molecular flexibility index (Phi) is 3.69. The second kappa shape index (κ2) is 5.07. The summed E-state index contributed by atoms with van der Waals surface area (Å²) in [5, 5.41) is 0. The van der Waals surface area contributed by atoms with E-state index in [0.717, 1.165) is 18.1 Å². The Balaban J connectivity index is 2.25. The smallest absolute Gasteiger partial charge is 0.122 e. The van der Waals surface area contributed by atoms with Gasteiger partial charge in [0.05, 0.1) is 7.11 Å². The van der Waals surface area contributed by atoms with Gasteiger partial charge in [-0.3, -0.25) is 11.3 Å². The highest BCUT2D eigenvalue weighted by molar-refractivity contribution is 5.42.